The second kappa shape index (κ2) is 6.21. The van der Waals surface area contributed by atoms with Crippen LogP contribution in [-0.2, 0) is 9.53 Å². The van der Waals surface area contributed by atoms with Crippen LogP contribution in [0.15, 0.2) is 23.9 Å². The molecular formula is C10H16N2O3. The zero-order chi connectivity index (χ0) is 11.1. The molecule has 0 aromatic carbocycles. The summed E-state index contributed by atoms with van der Waals surface area (Å²) in [6.45, 7) is 1.38. The number of rotatable bonds is 6. The van der Waals surface area contributed by atoms with Crippen LogP contribution in [-0.4, -0.2) is 37.5 Å². The highest BCUT2D eigenvalue weighted by molar-refractivity contribution is 5.88. The van der Waals surface area contributed by atoms with Crippen LogP contribution < -0.4 is 10.6 Å². The number of aliphatic carboxylic acids is 1. The predicted octanol–water partition coefficient (Wildman–Crippen LogP) is 0.0665. The first-order chi connectivity index (χ1) is 7.25. The normalized spacial score (nSPS) is 19.5. The van der Waals surface area contributed by atoms with Crippen LogP contribution in [0.25, 0.3) is 0 Å². The first kappa shape index (κ1) is 11.7. The Morgan fingerprint density at radius 3 is 3.20 bits per heavy atom. The van der Waals surface area contributed by atoms with Gasteiger partial charge in [0.1, 0.15) is 6.17 Å². The highest BCUT2D eigenvalue weighted by Gasteiger charge is 2.19. The van der Waals surface area contributed by atoms with Crippen molar-refractivity contribution in [2.24, 2.45) is 0 Å². The fourth-order valence-electron chi connectivity index (χ4n) is 1.32. The minimum atomic E-state index is -0.906. The molecule has 1 aliphatic rings. The van der Waals surface area contributed by atoms with E-state index in [1.54, 1.807) is 25.5 Å². The number of carboxylic acid groups (broad SMARTS) is 1. The molecule has 1 atom stereocenters. The van der Waals surface area contributed by atoms with Gasteiger partial charge in [0.25, 0.3) is 0 Å². The molecule has 84 valence electrons. The van der Waals surface area contributed by atoms with Crippen LogP contribution in [0.3, 0.4) is 0 Å². The molecule has 0 radical (unpaired) electrons. The Hall–Kier alpha value is -1.33. The lowest BCUT2D eigenvalue weighted by molar-refractivity contribution is -0.133. The number of carboxylic acids is 1. The SMILES string of the molecule is COCCCNC1NC=CC=C1C(=O)O. The van der Waals surface area contributed by atoms with E-state index in [0.29, 0.717) is 18.7 Å². The average molecular weight is 212 g/mol. The molecular weight excluding hydrogens is 196 g/mol. The molecule has 1 unspecified atom stereocenters. The second-order valence-corrected chi connectivity index (χ2v) is 3.19. The first-order valence-corrected chi connectivity index (χ1v) is 4.84. The van der Waals surface area contributed by atoms with Gasteiger partial charge in [0.05, 0.1) is 5.57 Å². The summed E-state index contributed by atoms with van der Waals surface area (Å²) < 4.78 is 4.90. The maximum atomic E-state index is 10.8. The van der Waals surface area contributed by atoms with Gasteiger partial charge in [-0.25, -0.2) is 4.79 Å². The van der Waals surface area contributed by atoms with Gasteiger partial charge in [0.15, 0.2) is 0 Å². The largest absolute Gasteiger partial charge is 0.478 e. The monoisotopic (exact) mass is 212 g/mol. The Morgan fingerprint density at radius 2 is 2.53 bits per heavy atom. The Balaban J connectivity index is 2.37. The number of hydrogen-bond donors (Lipinski definition) is 3. The van der Waals surface area contributed by atoms with E-state index in [0.717, 1.165) is 6.42 Å². The minimum Gasteiger partial charge on any atom is -0.478 e. The highest BCUT2D eigenvalue weighted by atomic mass is 16.5. The van der Waals surface area contributed by atoms with Gasteiger partial charge < -0.3 is 15.2 Å². The average Bonchev–Trinajstić information content (AvgIpc) is 2.25. The van der Waals surface area contributed by atoms with Crippen molar-refractivity contribution in [2.45, 2.75) is 12.6 Å². The number of carbonyl (C=O) groups is 1. The second-order valence-electron chi connectivity index (χ2n) is 3.19. The maximum Gasteiger partial charge on any atom is 0.335 e. The molecule has 0 aliphatic carbocycles. The van der Waals surface area contributed by atoms with Crippen molar-refractivity contribution in [1.82, 2.24) is 10.6 Å². The van der Waals surface area contributed by atoms with Crippen molar-refractivity contribution in [2.75, 3.05) is 20.3 Å². The smallest absolute Gasteiger partial charge is 0.335 e. The van der Waals surface area contributed by atoms with Crippen molar-refractivity contribution >= 4 is 5.97 Å². The van der Waals surface area contributed by atoms with Crippen molar-refractivity contribution < 1.29 is 14.6 Å². The van der Waals surface area contributed by atoms with Gasteiger partial charge in [-0.3, -0.25) is 5.32 Å². The summed E-state index contributed by atoms with van der Waals surface area (Å²) in [7, 11) is 1.64. The zero-order valence-electron chi connectivity index (χ0n) is 8.69. The third kappa shape index (κ3) is 3.73. The van der Waals surface area contributed by atoms with Gasteiger partial charge in [-0.15, -0.1) is 0 Å². The molecule has 0 saturated carbocycles. The van der Waals surface area contributed by atoms with Gasteiger partial charge in [0.2, 0.25) is 0 Å². The van der Waals surface area contributed by atoms with Crippen LogP contribution in [0.5, 0.6) is 0 Å². The van der Waals surface area contributed by atoms with E-state index in [1.165, 1.54) is 0 Å². The summed E-state index contributed by atoms with van der Waals surface area (Å²) in [5, 5.41) is 14.9. The van der Waals surface area contributed by atoms with E-state index >= 15 is 0 Å². The van der Waals surface area contributed by atoms with E-state index < -0.39 is 5.97 Å². The number of hydrogen-bond acceptors (Lipinski definition) is 4. The third-order valence-electron chi connectivity index (χ3n) is 2.07. The fraction of sp³-hybridized carbons (Fsp3) is 0.500. The lowest BCUT2D eigenvalue weighted by Crippen LogP contribution is -2.45. The number of allylic oxidation sites excluding steroid dienone is 2. The van der Waals surface area contributed by atoms with Gasteiger partial charge in [-0.05, 0) is 31.3 Å². The van der Waals surface area contributed by atoms with E-state index in [9.17, 15) is 4.79 Å². The lowest BCUT2D eigenvalue weighted by Gasteiger charge is -2.21. The van der Waals surface area contributed by atoms with Crippen molar-refractivity contribution in [3.63, 3.8) is 0 Å². The lowest BCUT2D eigenvalue weighted by atomic mass is 10.1. The molecule has 0 bridgehead atoms. The van der Waals surface area contributed by atoms with Crippen LogP contribution in [0.2, 0.25) is 0 Å². The molecule has 15 heavy (non-hydrogen) atoms. The number of methoxy groups -OCH3 is 1. The van der Waals surface area contributed by atoms with E-state index in [4.69, 9.17) is 9.84 Å². The highest BCUT2D eigenvalue weighted by Crippen LogP contribution is 2.05. The van der Waals surface area contributed by atoms with Gasteiger partial charge in [0, 0.05) is 13.7 Å². The molecule has 0 saturated heterocycles. The molecule has 0 amide bonds. The number of ether oxygens (including phenoxy) is 1. The molecule has 5 heteroatoms. The van der Waals surface area contributed by atoms with Crippen molar-refractivity contribution in [3.8, 4) is 0 Å². The van der Waals surface area contributed by atoms with Crippen molar-refractivity contribution in [3.05, 3.63) is 23.9 Å². The Bertz CT molecular complexity index is 274. The van der Waals surface area contributed by atoms with E-state index in [2.05, 4.69) is 10.6 Å². The molecule has 1 rings (SSSR count). The molecule has 0 aromatic rings. The Morgan fingerprint density at radius 1 is 1.73 bits per heavy atom. The topological polar surface area (TPSA) is 70.6 Å². The van der Waals surface area contributed by atoms with Crippen molar-refractivity contribution in [1.29, 1.82) is 0 Å². The summed E-state index contributed by atoms with van der Waals surface area (Å²) in [6.07, 6.45) is 5.53. The summed E-state index contributed by atoms with van der Waals surface area (Å²) in [6, 6.07) is 0. The van der Waals surface area contributed by atoms with Crippen LogP contribution in [0.4, 0.5) is 0 Å². The quantitative estimate of drug-likeness (QED) is 0.543. The van der Waals surface area contributed by atoms with Crippen LogP contribution >= 0.6 is 0 Å². The molecule has 1 aliphatic heterocycles. The Kier molecular flexibility index (Phi) is 4.86. The molecule has 0 fully saturated rings. The molecule has 5 nitrogen and oxygen atoms in total. The molecule has 0 aromatic heterocycles. The Labute approximate surface area is 88.8 Å². The number of nitrogens with one attached hydrogen (secondary N) is 2. The third-order valence-corrected chi connectivity index (χ3v) is 2.07. The van der Waals surface area contributed by atoms with Gasteiger partial charge >= 0.3 is 5.97 Å². The van der Waals surface area contributed by atoms with E-state index in [1.807, 2.05) is 0 Å². The zero-order valence-corrected chi connectivity index (χ0v) is 8.69. The van der Waals surface area contributed by atoms with Gasteiger partial charge in [-0.1, -0.05) is 0 Å². The van der Waals surface area contributed by atoms with Gasteiger partial charge in [-0.2, -0.15) is 0 Å². The fourth-order valence-corrected chi connectivity index (χ4v) is 1.32. The minimum absolute atomic E-state index is 0.315. The number of dihydropyridines is 1. The molecule has 3 N–H and O–H groups in total. The first-order valence-electron chi connectivity index (χ1n) is 4.84. The van der Waals surface area contributed by atoms with Crippen LogP contribution in [0.1, 0.15) is 6.42 Å². The molecule has 0 spiro atoms. The van der Waals surface area contributed by atoms with E-state index in [-0.39, 0.29) is 6.17 Å². The molecule has 1 heterocycles. The summed E-state index contributed by atoms with van der Waals surface area (Å²) in [4.78, 5) is 10.8. The maximum absolute atomic E-state index is 10.8. The summed E-state index contributed by atoms with van der Waals surface area (Å²) >= 11 is 0. The standard InChI is InChI=1S/C10H16N2O3/c1-15-7-3-6-12-9-8(10(13)14)4-2-5-11-9/h2,4-5,9,11-12H,3,6-7H2,1H3,(H,13,14). The summed E-state index contributed by atoms with van der Waals surface area (Å²) in [5.74, 6) is -0.906. The summed E-state index contributed by atoms with van der Waals surface area (Å²) in [5.41, 5.74) is 0.329. The van der Waals surface area contributed by atoms with Crippen LogP contribution in [0, 0.1) is 0 Å². The predicted molar refractivity (Wildman–Crippen MR) is 56.3 cm³/mol.